The molecule has 2 rings (SSSR count). The van der Waals surface area contributed by atoms with Crippen LogP contribution in [-0.4, -0.2) is 24.5 Å². The van der Waals surface area contributed by atoms with Crippen molar-refractivity contribution in [1.29, 1.82) is 0 Å². The van der Waals surface area contributed by atoms with Gasteiger partial charge in [0.05, 0.1) is 15.7 Å². The van der Waals surface area contributed by atoms with E-state index in [4.69, 9.17) is 16.3 Å². The number of halogens is 2. The summed E-state index contributed by atoms with van der Waals surface area (Å²) in [6.07, 6.45) is -0.764. The van der Waals surface area contributed by atoms with Gasteiger partial charge < -0.3 is 15.4 Å². The third kappa shape index (κ3) is 5.21. The molecule has 2 aromatic rings. The number of nitrogens with one attached hydrogen (secondary N) is 2. The van der Waals surface area contributed by atoms with E-state index in [-0.39, 0.29) is 11.8 Å². The first-order chi connectivity index (χ1) is 11.9. The fraction of sp³-hybridized carbons (Fsp3) is 0.222. The highest BCUT2D eigenvalue weighted by Crippen LogP contribution is 2.29. The van der Waals surface area contributed by atoms with Crippen LogP contribution < -0.4 is 15.4 Å². The molecule has 1 unspecified atom stereocenters. The van der Waals surface area contributed by atoms with Gasteiger partial charge in [0.2, 0.25) is 0 Å². The molecule has 0 heterocycles. The van der Waals surface area contributed by atoms with Gasteiger partial charge in [-0.15, -0.1) is 0 Å². The number of ether oxygens (including phenoxy) is 1. The third-order valence-corrected chi connectivity index (χ3v) is 4.19. The van der Waals surface area contributed by atoms with Crippen LogP contribution >= 0.6 is 27.5 Å². The molecule has 2 aromatic carbocycles. The summed E-state index contributed by atoms with van der Waals surface area (Å²) >= 11 is 9.24. The maximum atomic E-state index is 12.4. The minimum Gasteiger partial charge on any atom is -0.480 e. The quantitative estimate of drug-likeness (QED) is 0.727. The molecule has 0 aliphatic heterocycles. The van der Waals surface area contributed by atoms with E-state index in [1.54, 1.807) is 49.4 Å². The van der Waals surface area contributed by atoms with Crippen LogP contribution in [0.2, 0.25) is 5.02 Å². The summed E-state index contributed by atoms with van der Waals surface area (Å²) < 4.78 is 6.32. The third-order valence-electron chi connectivity index (χ3n) is 3.33. The molecule has 25 heavy (non-hydrogen) atoms. The number of carbonyl (C=O) groups is 2. The first-order valence-corrected chi connectivity index (χ1v) is 8.89. The van der Waals surface area contributed by atoms with Crippen LogP contribution in [0.4, 0.5) is 5.69 Å². The SMILES string of the molecule is CCNC(=O)c1ccccc1NC(=O)C(C)Oc1ccc(Cl)cc1Br. The van der Waals surface area contributed by atoms with Crippen molar-refractivity contribution in [3.63, 3.8) is 0 Å². The van der Waals surface area contributed by atoms with Gasteiger partial charge in [-0.25, -0.2) is 0 Å². The Morgan fingerprint density at radius 1 is 1.24 bits per heavy atom. The molecule has 0 bridgehead atoms. The average molecular weight is 426 g/mol. The van der Waals surface area contributed by atoms with Crippen molar-refractivity contribution >= 4 is 45.0 Å². The smallest absolute Gasteiger partial charge is 0.265 e. The molecule has 2 N–H and O–H groups in total. The van der Waals surface area contributed by atoms with Gasteiger partial charge in [-0.2, -0.15) is 0 Å². The lowest BCUT2D eigenvalue weighted by Gasteiger charge is -2.17. The second-order valence-electron chi connectivity index (χ2n) is 5.23. The van der Waals surface area contributed by atoms with E-state index in [0.717, 1.165) is 0 Å². The molecule has 0 radical (unpaired) electrons. The molecule has 0 saturated carbocycles. The predicted molar refractivity (Wildman–Crippen MR) is 102 cm³/mol. The van der Waals surface area contributed by atoms with Crippen molar-refractivity contribution in [3.8, 4) is 5.75 Å². The lowest BCUT2D eigenvalue weighted by molar-refractivity contribution is -0.122. The molecular weight excluding hydrogens is 408 g/mol. The Morgan fingerprint density at radius 2 is 1.96 bits per heavy atom. The zero-order valence-electron chi connectivity index (χ0n) is 13.8. The van der Waals surface area contributed by atoms with Gasteiger partial charge in [0.15, 0.2) is 6.10 Å². The molecule has 5 nitrogen and oxygen atoms in total. The molecule has 0 spiro atoms. The van der Waals surface area contributed by atoms with Crippen molar-refractivity contribution in [3.05, 3.63) is 57.5 Å². The average Bonchev–Trinajstić information content (AvgIpc) is 2.58. The summed E-state index contributed by atoms with van der Waals surface area (Å²) in [7, 11) is 0. The number of hydrogen-bond donors (Lipinski definition) is 2. The monoisotopic (exact) mass is 424 g/mol. The van der Waals surface area contributed by atoms with Gasteiger partial charge >= 0.3 is 0 Å². The molecule has 7 heteroatoms. The van der Waals surface area contributed by atoms with Crippen LogP contribution in [0, 0.1) is 0 Å². The van der Waals surface area contributed by atoms with E-state index >= 15 is 0 Å². The molecule has 0 aromatic heterocycles. The van der Waals surface area contributed by atoms with E-state index in [1.165, 1.54) is 0 Å². The lowest BCUT2D eigenvalue weighted by atomic mass is 10.1. The Hall–Kier alpha value is -2.05. The standard InChI is InChI=1S/C18H18BrClN2O3/c1-3-21-18(24)13-6-4-5-7-15(13)22-17(23)11(2)25-16-9-8-12(20)10-14(16)19/h4-11H,3H2,1-2H3,(H,21,24)(H,22,23). The van der Waals surface area contributed by atoms with Gasteiger partial charge in [-0.1, -0.05) is 23.7 Å². The molecule has 1 atom stereocenters. The first-order valence-electron chi connectivity index (χ1n) is 7.72. The van der Waals surface area contributed by atoms with Gasteiger partial charge in [0, 0.05) is 11.6 Å². The largest absolute Gasteiger partial charge is 0.480 e. The van der Waals surface area contributed by atoms with Crippen LogP contribution in [0.15, 0.2) is 46.9 Å². The van der Waals surface area contributed by atoms with Gasteiger partial charge in [-0.3, -0.25) is 9.59 Å². The molecule has 0 saturated heterocycles. The number of anilines is 1. The molecule has 132 valence electrons. The number of benzene rings is 2. The van der Waals surface area contributed by atoms with E-state index in [0.29, 0.717) is 33.0 Å². The Balaban J connectivity index is 2.10. The normalized spacial score (nSPS) is 11.5. The zero-order chi connectivity index (χ0) is 18.4. The first kappa shape index (κ1) is 19.3. The van der Waals surface area contributed by atoms with Crippen molar-refractivity contribution in [2.75, 3.05) is 11.9 Å². The zero-order valence-corrected chi connectivity index (χ0v) is 16.1. The summed E-state index contributed by atoms with van der Waals surface area (Å²) in [5.41, 5.74) is 0.835. The number of rotatable bonds is 6. The maximum absolute atomic E-state index is 12.4. The second-order valence-corrected chi connectivity index (χ2v) is 6.52. The molecule has 0 aliphatic rings. The van der Waals surface area contributed by atoms with Crippen molar-refractivity contribution in [1.82, 2.24) is 5.32 Å². The maximum Gasteiger partial charge on any atom is 0.265 e. The minimum atomic E-state index is -0.764. The number of carbonyl (C=O) groups excluding carboxylic acids is 2. The topological polar surface area (TPSA) is 67.4 Å². The lowest BCUT2D eigenvalue weighted by Crippen LogP contribution is -2.31. The van der Waals surface area contributed by atoms with E-state index in [1.807, 2.05) is 6.92 Å². The fourth-order valence-electron chi connectivity index (χ4n) is 2.10. The summed E-state index contributed by atoms with van der Waals surface area (Å²) in [5, 5.41) is 6.01. The van der Waals surface area contributed by atoms with Crippen molar-refractivity contribution < 1.29 is 14.3 Å². The molecular formula is C18H18BrClN2O3. The summed E-state index contributed by atoms with van der Waals surface area (Å²) in [6, 6.07) is 11.9. The highest BCUT2D eigenvalue weighted by Gasteiger charge is 2.19. The Labute approximate surface area is 159 Å². The minimum absolute atomic E-state index is 0.243. The Morgan fingerprint density at radius 3 is 2.64 bits per heavy atom. The van der Waals surface area contributed by atoms with Crippen LogP contribution in [0.5, 0.6) is 5.75 Å². The van der Waals surface area contributed by atoms with Crippen molar-refractivity contribution in [2.24, 2.45) is 0 Å². The van der Waals surface area contributed by atoms with E-state index < -0.39 is 6.10 Å². The number of hydrogen-bond acceptors (Lipinski definition) is 3. The number of para-hydroxylation sites is 1. The van der Waals surface area contributed by atoms with E-state index in [9.17, 15) is 9.59 Å². The van der Waals surface area contributed by atoms with Gasteiger partial charge in [0.1, 0.15) is 5.75 Å². The van der Waals surface area contributed by atoms with Gasteiger partial charge in [0.25, 0.3) is 11.8 Å². The summed E-state index contributed by atoms with van der Waals surface area (Å²) in [5.74, 6) is -0.102. The van der Waals surface area contributed by atoms with Crippen LogP contribution in [-0.2, 0) is 4.79 Å². The molecule has 2 amide bonds. The van der Waals surface area contributed by atoms with Gasteiger partial charge in [-0.05, 0) is 60.1 Å². The second kappa shape index (κ2) is 8.87. The highest BCUT2D eigenvalue weighted by molar-refractivity contribution is 9.10. The molecule has 0 fully saturated rings. The number of amides is 2. The van der Waals surface area contributed by atoms with Crippen LogP contribution in [0.25, 0.3) is 0 Å². The molecule has 0 aliphatic carbocycles. The van der Waals surface area contributed by atoms with Crippen LogP contribution in [0.1, 0.15) is 24.2 Å². The Kier molecular flexibility index (Phi) is 6.84. The predicted octanol–water partition coefficient (Wildman–Crippen LogP) is 4.26. The highest BCUT2D eigenvalue weighted by atomic mass is 79.9. The fourth-order valence-corrected chi connectivity index (χ4v) is 2.87. The van der Waals surface area contributed by atoms with Crippen LogP contribution in [0.3, 0.4) is 0 Å². The Bertz CT molecular complexity index is 783. The summed E-state index contributed by atoms with van der Waals surface area (Å²) in [6.45, 7) is 3.97. The van der Waals surface area contributed by atoms with Crippen molar-refractivity contribution in [2.45, 2.75) is 20.0 Å². The van der Waals surface area contributed by atoms with E-state index in [2.05, 4.69) is 26.6 Å². The summed E-state index contributed by atoms with van der Waals surface area (Å²) in [4.78, 5) is 24.5.